The number of aromatic nitrogens is 1. The molecule has 21 heavy (non-hydrogen) atoms. The molecule has 4 heteroatoms. The van der Waals surface area contributed by atoms with Crippen molar-refractivity contribution < 1.29 is 14.5 Å². The topological polar surface area (TPSA) is 41.2 Å². The summed E-state index contributed by atoms with van der Waals surface area (Å²) in [6.07, 6.45) is 8.72. The number of carbonyl (C=O) groups is 1. The van der Waals surface area contributed by atoms with Crippen LogP contribution in [0.3, 0.4) is 0 Å². The molecule has 3 nitrogen and oxygen atoms in total. The quantitative estimate of drug-likeness (QED) is 0.542. The van der Waals surface area contributed by atoms with Crippen LogP contribution in [0.1, 0.15) is 61.7 Å². The Balaban J connectivity index is 1.94. The lowest BCUT2D eigenvalue weighted by atomic mass is 10.1. The summed E-state index contributed by atoms with van der Waals surface area (Å²) in [5, 5.41) is 9.80. The van der Waals surface area contributed by atoms with Crippen LogP contribution in [0.5, 0.6) is 0 Å². The fourth-order valence-electron chi connectivity index (χ4n) is 2.64. The van der Waals surface area contributed by atoms with Crippen LogP contribution >= 0.6 is 11.3 Å². The predicted octanol–water partition coefficient (Wildman–Crippen LogP) is 4.64. The molecule has 0 fully saturated rings. The van der Waals surface area contributed by atoms with Crippen LogP contribution in [0, 0.1) is 0 Å². The van der Waals surface area contributed by atoms with E-state index in [0.29, 0.717) is 5.01 Å². The molecule has 0 bridgehead atoms. The molecule has 0 radical (unpaired) electrons. The number of hydrogen-bond acceptors (Lipinski definition) is 2. The van der Waals surface area contributed by atoms with Gasteiger partial charge in [0.05, 0.1) is 0 Å². The third-order valence-corrected chi connectivity index (χ3v) is 4.93. The molecule has 1 heterocycles. The van der Waals surface area contributed by atoms with Gasteiger partial charge in [0, 0.05) is 12.5 Å². The molecule has 0 aliphatic heterocycles. The van der Waals surface area contributed by atoms with Crippen molar-refractivity contribution in [2.75, 3.05) is 0 Å². The second-order valence-electron chi connectivity index (χ2n) is 5.45. The molecule has 0 spiro atoms. The van der Waals surface area contributed by atoms with Gasteiger partial charge < -0.3 is 5.11 Å². The van der Waals surface area contributed by atoms with Gasteiger partial charge in [-0.05, 0) is 12.5 Å². The summed E-state index contributed by atoms with van der Waals surface area (Å²) in [6.45, 7) is 3.03. The smallest absolute Gasteiger partial charge is 0.412 e. The Morgan fingerprint density at radius 2 is 1.76 bits per heavy atom. The molecular formula is C17H24NO2S+. The van der Waals surface area contributed by atoms with Gasteiger partial charge in [0.25, 0.3) is 0 Å². The molecule has 2 rings (SSSR count). The van der Waals surface area contributed by atoms with Crippen LogP contribution < -0.4 is 4.57 Å². The van der Waals surface area contributed by atoms with Gasteiger partial charge in [-0.25, -0.2) is 4.79 Å². The van der Waals surface area contributed by atoms with Crippen molar-refractivity contribution in [1.82, 2.24) is 0 Å². The number of hydrogen-bond donors (Lipinski definition) is 1. The molecule has 1 aromatic carbocycles. The van der Waals surface area contributed by atoms with Gasteiger partial charge in [-0.15, -0.1) is 0 Å². The lowest BCUT2D eigenvalue weighted by molar-refractivity contribution is -0.670. The van der Waals surface area contributed by atoms with Gasteiger partial charge in [0.1, 0.15) is 4.70 Å². The molecule has 1 N–H and O–H groups in total. The van der Waals surface area contributed by atoms with Gasteiger partial charge >= 0.3 is 11.0 Å². The van der Waals surface area contributed by atoms with Crippen LogP contribution in [-0.4, -0.2) is 11.1 Å². The van der Waals surface area contributed by atoms with Crippen molar-refractivity contribution in [3.63, 3.8) is 0 Å². The number of fused-ring (bicyclic) bond motifs is 1. The zero-order valence-electron chi connectivity index (χ0n) is 12.7. The molecule has 1 aromatic heterocycles. The number of para-hydroxylation sites is 1. The number of aromatic carboxylic acids is 1. The van der Waals surface area contributed by atoms with Crippen molar-refractivity contribution >= 4 is 27.5 Å². The molecule has 114 valence electrons. The number of carboxylic acids is 1. The Kier molecular flexibility index (Phi) is 6.18. The Bertz CT molecular complexity index is 591. The fourth-order valence-corrected chi connectivity index (χ4v) is 3.67. The maximum Gasteiger partial charge on any atom is 0.412 e. The highest BCUT2D eigenvalue weighted by Crippen LogP contribution is 2.20. The fraction of sp³-hybridized carbons (Fsp3) is 0.529. The summed E-state index contributed by atoms with van der Waals surface area (Å²) in [5.41, 5.74) is 1.05. The molecular weight excluding hydrogens is 282 g/mol. The van der Waals surface area contributed by atoms with E-state index in [2.05, 4.69) is 6.92 Å². The van der Waals surface area contributed by atoms with Gasteiger partial charge in [0.2, 0.25) is 5.52 Å². The first kappa shape index (κ1) is 16.0. The Morgan fingerprint density at radius 1 is 1.10 bits per heavy atom. The largest absolute Gasteiger partial charge is 0.473 e. The van der Waals surface area contributed by atoms with E-state index < -0.39 is 5.97 Å². The van der Waals surface area contributed by atoms with Gasteiger partial charge in [-0.1, -0.05) is 62.5 Å². The second kappa shape index (κ2) is 8.13. The van der Waals surface area contributed by atoms with Crippen molar-refractivity contribution in [3.05, 3.63) is 29.3 Å². The summed E-state index contributed by atoms with van der Waals surface area (Å²) in [4.78, 5) is 11.4. The van der Waals surface area contributed by atoms with Crippen LogP contribution in [0.2, 0.25) is 0 Å². The van der Waals surface area contributed by atoms with Gasteiger partial charge in [-0.3, -0.25) is 0 Å². The average Bonchev–Trinajstić information content (AvgIpc) is 2.85. The van der Waals surface area contributed by atoms with Crippen LogP contribution in [0.4, 0.5) is 0 Å². The minimum Gasteiger partial charge on any atom is -0.473 e. The van der Waals surface area contributed by atoms with E-state index in [4.69, 9.17) is 0 Å². The first-order chi connectivity index (χ1) is 10.2. The van der Waals surface area contributed by atoms with Crippen LogP contribution in [0.15, 0.2) is 24.3 Å². The van der Waals surface area contributed by atoms with E-state index in [-0.39, 0.29) is 0 Å². The van der Waals surface area contributed by atoms with Crippen LogP contribution in [0.25, 0.3) is 10.2 Å². The zero-order chi connectivity index (χ0) is 15.1. The first-order valence-electron chi connectivity index (χ1n) is 7.88. The number of aryl methyl sites for hydroxylation is 1. The molecule has 0 saturated carbocycles. The van der Waals surface area contributed by atoms with Crippen molar-refractivity contribution in [1.29, 1.82) is 0 Å². The summed E-state index contributed by atoms with van der Waals surface area (Å²) in [6, 6.07) is 7.94. The van der Waals surface area contributed by atoms with Crippen molar-refractivity contribution in [2.45, 2.75) is 58.4 Å². The lowest BCUT2D eigenvalue weighted by Crippen LogP contribution is -2.38. The van der Waals surface area contributed by atoms with Crippen molar-refractivity contribution in [3.8, 4) is 0 Å². The minimum absolute atomic E-state index is 0.446. The molecule has 0 atom stereocenters. The normalized spacial score (nSPS) is 11.1. The standard InChI is InChI=1S/C17H23NO2S/c1-2-3-4-5-6-7-10-13-18-14-11-8-9-12-15(14)21-16(18)17(19)20/h8-9,11-12H,2-7,10,13H2,1H3/p+1. The maximum atomic E-state index is 11.4. The van der Waals surface area contributed by atoms with E-state index in [9.17, 15) is 9.90 Å². The molecule has 0 aliphatic rings. The number of nitrogens with zero attached hydrogens (tertiary/aromatic N) is 1. The third-order valence-electron chi connectivity index (χ3n) is 3.78. The maximum absolute atomic E-state index is 11.4. The molecule has 0 amide bonds. The molecule has 0 saturated heterocycles. The van der Waals surface area contributed by atoms with E-state index in [1.54, 1.807) is 0 Å². The number of rotatable bonds is 9. The van der Waals surface area contributed by atoms with E-state index in [1.165, 1.54) is 49.9 Å². The minimum atomic E-state index is -0.820. The first-order valence-corrected chi connectivity index (χ1v) is 8.70. The SMILES string of the molecule is CCCCCCCCC[n+]1c(C(=O)O)sc2ccccc21. The highest BCUT2D eigenvalue weighted by Gasteiger charge is 2.25. The van der Waals surface area contributed by atoms with Gasteiger partial charge in [0.15, 0.2) is 6.54 Å². The predicted molar refractivity (Wildman–Crippen MR) is 87.0 cm³/mol. The Labute approximate surface area is 130 Å². The zero-order valence-corrected chi connectivity index (χ0v) is 13.5. The Morgan fingerprint density at radius 3 is 2.48 bits per heavy atom. The number of unbranched alkanes of at least 4 members (excludes halogenated alkanes) is 6. The third kappa shape index (κ3) is 4.27. The summed E-state index contributed by atoms with van der Waals surface area (Å²) < 4.78 is 3.02. The van der Waals surface area contributed by atoms with Crippen molar-refractivity contribution in [2.24, 2.45) is 0 Å². The summed E-state index contributed by atoms with van der Waals surface area (Å²) >= 11 is 1.37. The van der Waals surface area contributed by atoms with Crippen LogP contribution in [-0.2, 0) is 6.54 Å². The molecule has 2 aromatic rings. The average molecular weight is 306 g/mol. The molecule has 0 unspecified atom stereocenters. The number of benzene rings is 1. The number of thiazole rings is 1. The van der Waals surface area contributed by atoms with E-state index >= 15 is 0 Å². The van der Waals surface area contributed by atoms with Gasteiger partial charge in [-0.2, -0.15) is 4.57 Å². The monoisotopic (exact) mass is 306 g/mol. The second-order valence-corrected chi connectivity index (χ2v) is 6.48. The molecule has 0 aliphatic carbocycles. The highest BCUT2D eigenvalue weighted by atomic mass is 32.1. The lowest BCUT2D eigenvalue weighted by Gasteiger charge is -2.00. The summed E-state index contributed by atoms with van der Waals surface area (Å²) in [5.74, 6) is -0.820. The Hall–Kier alpha value is -1.42. The van der Waals surface area contributed by atoms with E-state index in [1.807, 2.05) is 28.8 Å². The van der Waals surface area contributed by atoms with E-state index in [0.717, 1.165) is 23.2 Å². The summed E-state index contributed by atoms with van der Waals surface area (Å²) in [7, 11) is 0. The highest BCUT2D eigenvalue weighted by molar-refractivity contribution is 7.19. The number of carboxylic acid groups (broad SMARTS) is 1.